The summed E-state index contributed by atoms with van der Waals surface area (Å²) in [5.41, 5.74) is 1.03. The lowest BCUT2D eigenvalue weighted by Crippen LogP contribution is -2.48. The Morgan fingerprint density at radius 3 is 2.85 bits per heavy atom. The first-order valence-corrected chi connectivity index (χ1v) is 7.46. The Hall–Kier alpha value is -1.07. The van der Waals surface area contributed by atoms with E-state index in [0.29, 0.717) is 6.04 Å². The topological polar surface area (TPSA) is 50.5 Å². The summed E-state index contributed by atoms with van der Waals surface area (Å²) in [6.07, 6.45) is 3.01. The van der Waals surface area contributed by atoms with Crippen molar-refractivity contribution in [2.24, 2.45) is 0 Å². The van der Waals surface area contributed by atoms with E-state index in [1.54, 1.807) is 6.26 Å². The molecule has 0 spiro atoms. The third kappa shape index (κ3) is 3.96. The minimum Gasteiger partial charge on any atom is -0.432 e. The molecule has 20 heavy (non-hydrogen) atoms. The number of morpholine rings is 1. The van der Waals surface area contributed by atoms with Crippen LogP contribution >= 0.6 is 0 Å². The smallest absolute Gasteiger partial charge is 0.297 e. The van der Waals surface area contributed by atoms with Gasteiger partial charge < -0.3 is 19.4 Å². The average Bonchev–Trinajstić information content (AvgIpc) is 2.84. The van der Waals surface area contributed by atoms with Crippen LogP contribution in [-0.4, -0.2) is 35.8 Å². The molecule has 2 atom stereocenters. The Labute approximate surface area is 121 Å². The van der Waals surface area contributed by atoms with Crippen molar-refractivity contribution in [3.05, 3.63) is 12.0 Å². The summed E-state index contributed by atoms with van der Waals surface area (Å²) in [7, 11) is 0. The van der Waals surface area contributed by atoms with E-state index < -0.39 is 0 Å². The largest absolute Gasteiger partial charge is 0.432 e. The number of nitrogens with zero attached hydrogens (tertiary/aromatic N) is 2. The van der Waals surface area contributed by atoms with Crippen molar-refractivity contribution in [1.29, 1.82) is 0 Å². The minimum absolute atomic E-state index is 0.0819. The summed E-state index contributed by atoms with van der Waals surface area (Å²) in [6, 6.07) is 1.07. The molecule has 0 bridgehead atoms. The first-order valence-electron chi connectivity index (χ1n) is 7.46. The fourth-order valence-corrected chi connectivity index (χ4v) is 2.28. The van der Waals surface area contributed by atoms with Gasteiger partial charge in [-0.15, -0.1) is 0 Å². The van der Waals surface area contributed by atoms with Crippen molar-refractivity contribution in [3.63, 3.8) is 0 Å². The monoisotopic (exact) mass is 281 g/mol. The molecule has 1 fully saturated rings. The zero-order valence-corrected chi connectivity index (χ0v) is 13.3. The molecule has 0 saturated carbocycles. The molecular formula is C15H27N3O2. The van der Waals surface area contributed by atoms with Gasteiger partial charge in [0.2, 0.25) is 0 Å². The lowest BCUT2D eigenvalue weighted by molar-refractivity contribution is 0.0278. The van der Waals surface area contributed by atoms with Crippen LogP contribution in [-0.2, 0) is 11.3 Å². The molecule has 1 N–H and O–H groups in total. The summed E-state index contributed by atoms with van der Waals surface area (Å²) >= 11 is 0. The standard InChI is InChI=1S/C15H27N3O2/c1-6-13-10-19-11(2)8-18(13)14-17-12(9-20-14)7-16-15(3,4)5/h9,11,13,16H,6-8,10H2,1-5H3. The van der Waals surface area contributed by atoms with Gasteiger partial charge >= 0.3 is 0 Å². The number of ether oxygens (including phenoxy) is 1. The molecular weight excluding hydrogens is 254 g/mol. The van der Waals surface area contributed by atoms with Crippen LogP contribution in [0.3, 0.4) is 0 Å². The van der Waals surface area contributed by atoms with Crippen LogP contribution in [0.5, 0.6) is 0 Å². The van der Waals surface area contributed by atoms with Gasteiger partial charge in [0.15, 0.2) is 0 Å². The predicted molar refractivity (Wildman–Crippen MR) is 79.9 cm³/mol. The van der Waals surface area contributed by atoms with E-state index in [0.717, 1.165) is 37.8 Å². The molecule has 1 aliphatic heterocycles. The highest BCUT2D eigenvalue weighted by Gasteiger charge is 2.28. The molecule has 5 heteroatoms. The highest BCUT2D eigenvalue weighted by atomic mass is 16.5. The van der Waals surface area contributed by atoms with Crippen LogP contribution in [0.25, 0.3) is 0 Å². The number of hydrogen-bond donors (Lipinski definition) is 1. The van der Waals surface area contributed by atoms with Gasteiger partial charge in [-0.25, -0.2) is 0 Å². The predicted octanol–water partition coefficient (Wildman–Crippen LogP) is 2.57. The third-order valence-corrected chi connectivity index (χ3v) is 3.52. The van der Waals surface area contributed by atoms with Gasteiger partial charge in [0.25, 0.3) is 6.01 Å². The van der Waals surface area contributed by atoms with Crippen LogP contribution in [0, 0.1) is 0 Å². The molecule has 1 aromatic rings. The fourth-order valence-electron chi connectivity index (χ4n) is 2.28. The van der Waals surface area contributed by atoms with Crippen molar-refractivity contribution < 1.29 is 9.15 Å². The maximum absolute atomic E-state index is 5.71. The van der Waals surface area contributed by atoms with Gasteiger partial charge in [-0.1, -0.05) is 6.92 Å². The Morgan fingerprint density at radius 2 is 2.20 bits per heavy atom. The zero-order chi connectivity index (χ0) is 14.8. The summed E-state index contributed by atoms with van der Waals surface area (Å²) in [5, 5.41) is 3.42. The Balaban J connectivity index is 2.03. The second kappa shape index (κ2) is 6.14. The van der Waals surface area contributed by atoms with Crippen LogP contribution < -0.4 is 10.2 Å². The van der Waals surface area contributed by atoms with Crippen molar-refractivity contribution >= 4 is 6.01 Å². The van der Waals surface area contributed by atoms with Crippen molar-refractivity contribution in [1.82, 2.24) is 10.3 Å². The van der Waals surface area contributed by atoms with Gasteiger partial charge in [0, 0.05) is 18.6 Å². The van der Waals surface area contributed by atoms with Gasteiger partial charge in [-0.2, -0.15) is 4.98 Å². The number of aromatic nitrogens is 1. The molecule has 1 aromatic heterocycles. The van der Waals surface area contributed by atoms with E-state index in [1.165, 1.54) is 0 Å². The second-order valence-electron chi connectivity index (χ2n) is 6.58. The first kappa shape index (κ1) is 15.3. The summed E-state index contributed by atoms with van der Waals surface area (Å²) in [5.74, 6) is 0. The van der Waals surface area contributed by atoms with E-state index in [4.69, 9.17) is 9.15 Å². The molecule has 2 rings (SSSR count). The molecule has 2 heterocycles. The summed E-state index contributed by atoms with van der Waals surface area (Å²) < 4.78 is 11.4. The first-order chi connectivity index (χ1) is 9.39. The molecule has 0 amide bonds. The molecule has 0 aromatic carbocycles. The highest BCUT2D eigenvalue weighted by Crippen LogP contribution is 2.23. The summed E-state index contributed by atoms with van der Waals surface area (Å²) in [6.45, 7) is 13.0. The molecule has 5 nitrogen and oxygen atoms in total. The van der Waals surface area contributed by atoms with Crippen molar-refractivity contribution in [2.75, 3.05) is 18.1 Å². The van der Waals surface area contributed by atoms with Gasteiger partial charge in [0.05, 0.1) is 24.4 Å². The average molecular weight is 281 g/mol. The number of hydrogen-bond acceptors (Lipinski definition) is 5. The normalized spacial score (nSPS) is 24.1. The molecule has 0 aliphatic carbocycles. The van der Waals surface area contributed by atoms with E-state index in [2.05, 4.69) is 49.8 Å². The molecule has 2 unspecified atom stereocenters. The number of anilines is 1. The van der Waals surface area contributed by atoms with Gasteiger partial charge in [-0.05, 0) is 34.1 Å². The Morgan fingerprint density at radius 1 is 1.45 bits per heavy atom. The van der Waals surface area contributed by atoms with Crippen LogP contribution in [0.1, 0.15) is 46.7 Å². The van der Waals surface area contributed by atoms with E-state index in [9.17, 15) is 0 Å². The SMILES string of the molecule is CCC1COC(C)CN1c1nc(CNC(C)(C)C)co1. The van der Waals surface area contributed by atoms with E-state index in [-0.39, 0.29) is 11.6 Å². The number of rotatable bonds is 4. The number of nitrogens with one attached hydrogen (secondary N) is 1. The second-order valence-corrected chi connectivity index (χ2v) is 6.58. The van der Waals surface area contributed by atoms with E-state index in [1.807, 2.05) is 0 Å². The van der Waals surface area contributed by atoms with Gasteiger partial charge in [0.1, 0.15) is 6.26 Å². The Kier molecular flexibility index (Phi) is 4.70. The van der Waals surface area contributed by atoms with Gasteiger partial charge in [-0.3, -0.25) is 0 Å². The molecule has 114 valence electrons. The fraction of sp³-hybridized carbons (Fsp3) is 0.800. The zero-order valence-electron chi connectivity index (χ0n) is 13.3. The summed E-state index contributed by atoms with van der Waals surface area (Å²) in [4.78, 5) is 6.84. The van der Waals surface area contributed by atoms with Crippen molar-refractivity contribution in [3.8, 4) is 0 Å². The highest BCUT2D eigenvalue weighted by molar-refractivity contribution is 5.30. The third-order valence-electron chi connectivity index (χ3n) is 3.52. The van der Waals surface area contributed by atoms with Crippen molar-refractivity contribution in [2.45, 2.75) is 65.3 Å². The molecule has 1 saturated heterocycles. The molecule has 0 radical (unpaired) electrons. The lowest BCUT2D eigenvalue weighted by atomic mass is 10.1. The lowest BCUT2D eigenvalue weighted by Gasteiger charge is -2.37. The maximum Gasteiger partial charge on any atom is 0.297 e. The van der Waals surface area contributed by atoms with Crippen LogP contribution in [0.4, 0.5) is 6.01 Å². The Bertz CT molecular complexity index is 425. The van der Waals surface area contributed by atoms with Crippen LogP contribution in [0.15, 0.2) is 10.7 Å². The minimum atomic E-state index is 0.0819. The number of oxazole rings is 1. The van der Waals surface area contributed by atoms with E-state index >= 15 is 0 Å². The quantitative estimate of drug-likeness (QED) is 0.919. The molecule has 1 aliphatic rings. The maximum atomic E-state index is 5.71. The van der Waals surface area contributed by atoms with Crippen LogP contribution in [0.2, 0.25) is 0 Å².